The zero-order valence-corrected chi connectivity index (χ0v) is 9.88. The van der Waals surface area contributed by atoms with Crippen molar-refractivity contribution in [2.24, 2.45) is 5.41 Å². The minimum atomic E-state index is -0.227. The molecule has 1 atom stereocenters. The number of hydrogen-bond donors (Lipinski definition) is 1. The van der Waals surface area contributed by atoms with Crippen LogP contribution < -0.4 is 0 Å². The average Bonchev–Trinajstić information content (AvgIpc) is 2.07. The molecule has 2 heteroatoms. The maximum absolute atomic E-state index is 9.94. The Hall–Kier alpha value is -0.340. The fourth-order valence-electron chi connectivity index (χ4n) is 1.50. The summed E-state index contributed by atoms with van der Waals surface area (Å²) < 4.78 is 0. The standard InChI is InChI=1S/C12H23NO/c1-10-5-7-13(8-6-10)9-11(14)12(2,3)4/h5,11,14H,6-9H2,1-4H3. The topological polar surface area (TPSA) is 23.5 Å². The van der Waals surface area contributed by atoms with Crippen LogP contribution in [0.25, 0.3) is 0 Å². The van der Waals surface area contributed by atoms with E-state index in [2.05, 4.69) is 38.7 Å². The van der Waals surface area contributed by atoms with Crippen LogP contribution in [-0.2, 0) is 0 Å². The Kier molecular flexibility index (Phi) is 3.73. The summed E-state index contributed by atoms with van der Waals surface area (Å²) in [7, 11) is 0. The Morgan fingerprint density at radius 3 is 2.57 bits per heavy atom. The predicted octanol–water partition coefficient (Wildman–Crippen LogP) is 2.05. The fourth-order valence-corrected chi connectivity index (χ4v) is 1.50. The molecule has 0 bridgehead atoms. The number of aliphatic hydroxyl groups is 1. The Bertz CT molecular complexity index is 215. The maximum Gasteiger partial charge on any atom is 0.0715 e. The van der Waals surface area contributed by atoms with Gasteiger partial charge in [-0.25, -0.2) is 0 Å². The molecule has 1 aliphatic heterocycles. The Balaban J connectivity index is 2.39. The maximum atomic E-state index is 9.94. The summed E-state index contributed by atoms with van der Waals surface area (Å²) in [6.45, 7) is 11.3. The monoisotopic (exact) mass is 197 g/mol. The van der Waals surface area contributed by atoms with Crippen LogP contribution in [-0.4, -0.2) is 35.7 Å². The molecule has 0 radical (unpaired) electrons. The van der Waals surface area contributed by atoms with Crippen molar-refractivity contribution in [1.29, 1.82) is 0 Å². The van der Waals surface area contributed by atoms with E-state index >= 15 is 0 Å². The van der Waals surface area contributed by atoms with Crippen molar-refractivity contribution in [3.8, 4) is 0 Å². The van der Waals surface area contributed by atoms with Gasteiger partial charge in [-0.2, -0.15) is 0 Å². The first kappa shape index (κ1) is 11.7. The summed E-state index contributed by atoms with van der Waals surface area (Å²) in [6, 6.07) is 0. The molecule has 0 fully saturated rings. The first-order valence-electron chi connectivity index (χ1n) is 5.45. The number of β-amino-alcohol motifs (C(OH)–C–C–N with tert-alkyl or cyclic N) is 1. The van der Waals surface area contributed by atoms with Crippen LogP contribution in [0.4, 0.5) is 0 Å². The lowest BCUT2D eigenvalue weighted by molar-refractivity contribution is 0.0305. The quantitative estimate of drug-likeness (QED) is 0.685. The highest BCUT2D eigenvalue weighted by Gasteiger charge is 2.24. The van der Waals surface area contributed by atoms with Crippen molar-refractivity contribution in [2.45, 2.75) is 40.2 Å². The first-order valence-corrected chi connectivity index (χ1v) is 5.45. The van der Waals surface area contributed by atoms with Crippen molar-refractivity contribution in [2.75, 3.05) is 19.6 Å². The van der Waals surface area contributed by atoms with Gasteiger partial charge in [0.2, 0.25) is 0 Å². The number of aliphatic hydroxyl groups excluding tert-OH is 1. The largest absolute Gasteiger partial charge is 0.391 e. The molecule has 1 N–H and O–H groups in total. The highest BCUT2D eigenvalue weighted by molar-refractivity contribution is 5.04. The minimum Gasteiger partial charge on any atom is -0.391 e. The van der Waals surface area contributed by atoms with Gasteiger partial charge in [0.25, 0.3) is 0 Å². The summed E-state index contributed by atoms with van der Waals surface area (Å²) in [4.78, 5) is 2.32. The van der Waals surface area contributed by atoms with Crippen LogP contribution in [0.1, 0.15) is 34.1 Å². The van der Waals surface area contributed by atoms with E-state index in [1.54, 1.807) is 0 Å². The van der Waals surface area contributed by atoms with E-state index in [0.717, 1.165) is 26.1 Å². The van der Waals surface area contributed by atoms with Crippen LogP contribution in [0.5, 0.6) is 0 Å². The molecule has 1 unspecified atom stereocenters. The Morgan fingerprint density at radius 1 is 1.50 bits per heavy atom. The van der Waals surface area contributed by atoms with Crippen LogP contribution in [0.15, 0.2) is 11.6 Å². The van der Waals surface area contributed by atoms with Gasteiger partial charge in [-0.05, 0) is 18.8 Å². The third kappa shape index (κ3) is 3.43. The molecule has 0 saturated carbocycles. The molecule has 0 aromatic rings. The molecule has 0 aliphatic carbocycles. The molecule has 0 amide bonds. The molecule has 2 nitrogen and oxygen atoms in total. The van der Waals surface area contributed by atoms with Crippen LogP contribution >= 0.6 is 0 Å². The van der Waals surface area contributed by atoms with Crippen LogP contribution in [0.3, 0.4) is 0 Å². The average molecular weight is 197 g/mol. The first-order chi connectivity index (χ1) is 6.39. The van der Waals surface area contributed by atoms with Crippen molar-refractivity contribution in [3.63, 3.8) is 0 Å². The van der Waals surface area contributed by atoms with E-state index in [4.69, 9.17) is 0 Å². The van der Waals surface area contributed by atoms with E-state index in [-0.39, 0.29) is 11.5 Å². The highest BCUT2D eigenvalue weighted by atomic mass is 16.3. The van der Waals surface area contributed by atoms with Gasteiger partial charge in [0.1, 0.15) is 0 Å². The van der Waals surface area contributed by atoms with Gasteiger partial charge in [0, 0.05) is 19.6 Å². The summed E-state index contributed by atoms with van der Waals surface area (Å²) in [6.07, 6.45) is 3.18. The van der Waals surface area contributed by atoms with E-state index < -0.39 is 0 Å². The zero-order valence-electron chi connectivity index (χ0n) is 9.88. The molecular formula is C12H23NO. The van der Waals surface area contributed by atoms with Crippen LogP contribution in [0, 0.1) is 5.41 Å². The lowest BCUT2D eigenvalue weighted by Gasteiger charge is -2.33. The number of rotatable bonds is 2. The fraction of sp³-hybridized carbons (Fsp3) is 0.833. The second kappa shape index (κ2) is 4.45. The van der Waals surface area contributed by atoms with Gasteiger partial charge < -0.3 is 5.11 Å². The summed E-state index contributed by atoms with van der Waals surface area (Å²) in [5.74, 6) is 0. The van der Waals surface area contributed by atoms with Gasteiger partial charge in [0.05, 0.1) is 6.10 Å². The second-order valence-electron chi connectivity index (χ2n) is 5.44. The summed E-state index contributed by atoms with van der Waals surface area (Å²) in [5, 5.41) is 9.94. The third-order valence-corrected chi connectivity index (χ3v) is 2.95. The predicted molar refractivity (Wildman–Crippen MR) is 60.3 cm³/mol. The second-order valence-corrected chi connectivity index (χ2v) is 5.44. The zero-order chi connectivity index (χ0) is 10.8. The molecule has 0 spiro atoms. The van der Waals surface area contributed by atoms with Gasteiger partial charge in [0.15, 0.2) is 0 Å². The van der Waals surface area contributed by atoms with Crippen molar-refractivity contribution in [3.05, 3.63) is 11.6 Å². The molecule has 1 heterocycles. The third-order valence-electron chi connectivity index (χ3n) is 2.95. The Labute approximate surface area is 87.6 Å². The molecule has 0 aromatic carbocycles. The number of hydrogen-bond acceptors (Lipinski definition) is 2. The van der Waals surface area contributed by atoms with E-state index in [9.17, 15) is 5.11 Å². The molecule has 82 valence electrons. The molecular weight excluding hydrogens is 174 g/mol. The molecule has 14 heavy (non-hydrogen) atoms. The van der Waals surface area contributed by atoms with Crippen molar-refractivity contribution >= 4 is 0 Å². The molecule has 0 aromatic heterocycles. The lowest BCUT2D eigenvalue weighted by atomic mass is 9.88. The number of nitrogens with zero attached hydrogens (tertiary/aromatic N) is 1. The molecule has 1 aliphatic rings. The summed E-state index contributed by atoms with van der Waals surface area (Å²) in [5.41, 5.74) is 1.47. The van der Waals surface area contributed by atoms with Gasteiger partial charge in [-0.3, -0.25) is 4.90 Å². The molecule has 1 rings (SSSR count). The minimum absolute atomic E-state index is 0.00376. The highest BCUT2D eigenvalue weighted by Crippen LogP contribution is 2.21. The smallest absolute Gasteiger partial charge is 0.0715 e. The van der Waals surface area contributed by atoms with Gasteiger partial charge in [-0.1, -0.05) is 32.4 Å². The van der Waals surface area contributed by atoms with E-state index in [0.29, 0.717) is 0 Å². The summed E-state index contributed by atoms with van der Waals surface area (Å²) >= 11 is 0. The van der Waals surface area contributed by atoms with Gasteiger partial charge in [-0.15, -0.1) is 0 Å². The normalized spacial score (nSPS) is 21.9. The van der Waals surface area contributed by atoms with Crippen molar-refractivity contribution < 1.29 is 5.11 Å². The Morgan fingerprint density at radius 2 is 2.14 bits per heavy atom. The lowest BCUT2D eigenvalue weighted by Crippen LogP contribution is -2.41. The SMILES string of the molecule is CC1=CCN(CC(O)C(C)(C)C)CC1. The van der Waals surface area contributed by atoms with Crippen molar-refractivity contribution in [1.82, 2.24) is 4.90 Å². The van der Waals surface area contributed by atoms with Crippen LogP contribution in [0.2, 0.25) is 0 Å². The van der Waals surface area contributed by atoms with E-state index in [1.807, 2.05) is 0 Å². The molecule has 0 saturated heterocycles. The van der Waals surface area contributed by atoms with Gasteiger partial charge >= 0.3 is 0 Å². The van der Waals surface area contributed by atoms with E-state index in [1.165, 1.54) is 5.57 Å².